The Morgan fingerprint density at radius 2 is 2.36 bits per heavy atom. The van der Waals surface area contributed by atoms with Gasteiger partial charge in [-0.3, -0.25) is 0 Å². The van der Waals surface area contributed by atoms with Crippen molar-refractivity contribution in [1.29, 1.82) is 0 Å². The van der Waals surface area contributed by atoms with Crippen molar-refractivity contribution in [3.05, 3.63) is 37.1 Å². The monoisotopic (exact) mass is 150 g/mol. The van der Waals surface area contributed by atoms with E-state index in [1.807, 2.05) is 18.2 Å². The molecule has 1 aromatic heterocycles. The molecule has 60 valence electrons. The van der Waals surface area contributed by atoms with Gasteiger partial charge in [0.05, 0.1) is 0 Å². The van der Waals surface area contributed by atoms with Crippen LogP contribution in [-0.2, 0) is 0 Å². The first-order valence-electron chi connectivity index (χ1n) is 3.19. The molecule has 1 heterocycles. The molecular weight excluding hydrogens is 136 g/mol. The van der Waals surface area contributed by atoms with Crippen molar-refractivity contribution in [3.63, 3.8) is 0 Å². The lowest BCUT2D eigenvalue weighted by atomic mass is 10.4. The van der Waals surface area contributed by atoms with E-state index in [4.69, 9.17) is 0 Å². The van der Waals surface area contributed by atoms with E-state index in [2.05, 4.69) is 16.9 Å². The Labute approximate surface area is 68.0 Å². The summed E-state index contributed by atoms with van der Waals surface area (Å²) < 4.78 is 0. The van der Waals surface area contributed by atoms with E-state index >= 15 is 0 Å². The predicted molar refractivity (Wildman–Crippen MR) is 49.7 cm³/mol. The summed E-state index contributed by atoms with van der Waals surface area (Å²) in [5.41, 5.74) is 0. The zero-order chi connectivity index (χ0) is 7.23. The zero-order valence-electron chi connectivity index (χ0n) is 5.75. The van der Waals surface area contributed by atoms with E-state index in [1.54, 1.807) is 12.3 Å². The minimum atomic E-state index is 0. The van der Waals surface area contributed by atoms with Crippen LogP contribution in [-0.4, -0.2) is 11.5 Å². The van der Waals surface area contributed by atoms with Crippen molar-refractivity contribution in [2.24, 2.45) is 0 Å². The van der Waals surface area contributed by atoms with Crippen LogP contribution in [0.5, 0.6) is 0 Å². The smallest absolute Gasteiger partial charge is 0.126 e. The molecule has 0 aliphatic carbocycles. The molecule has 0 radical (unpaired) electrons. The summed E-state index contributed by atoms with van der Waals surface area (Å²) >= 11 is 0. The van der Waals surface area contributed by atoms with Crippen LogP contribution in [0.2, 0.25) is 0 Å². The third kappa shape index (κ3) is 3.40. The maximum Gasteiger partial charge on any atom is 0.126 e. The highest BCUT2D eigenvalue weighted by Gasteiger charge is 1.84. The Morgan fingerprint density at radius 3 is 2.91 bits per heavy atom. The molecule has 1 aromatic rings. The number of aromatic nitrogens is 1. The average molecular weight is 150 g/mol. The van der Waals surface area contributed by atoms with Crippen LogP contribution < -0.4 is 5.32 Å². The SMILES string of the molecule is C.C=CCNc1ccccn1. The van der Waals surface area contributed by atoms with Crippen LogP contribution in [0.1, 0.15) is 7.43 Å². The van der Waals surface area contributed by atoms with Crippen molar-refractivity contribution in [1.82, 2.24) is 4.98 Å². The molecule has 0 saturated heterocycles. The molecule has 0 saturated carbocycles. The number of nitrogens with zero attached hydrogens (tertiary/aromatic N) is 1. The molecule has 0 amide bonds. The predicted octanol–water partition coefficient (Wildman–Crippen LogP) is 2.32. The Hall–Kier alpha value is -1.31. The highest BCUT2D eigenvalue weighted by atomic mass is 15.0. The van der Waals surface area contributed by atoms with Gasteiger partial charge in [-0.25, -0.2) is 4.98 Å². The lowest BCUT2D eigenvalue weighted by Gasteiger charge is -1.98. The topological polar surface area (TPSA) is 24.9 Å². The number of anilines is 1. The highest BCUT2D eigenvalue weighted by molar-refractivity contribution is 5.33. The maximum absolute atomic E-state index is 4.06. The molecule has 1 rings (SSSR count). The van der Waals surface area contributed by atoms with Crippen LogP contribution >= 0.6 is 0 Å². The van der Waals surface area contributed by atoms with Crippen molar-refractivity contribution < 1.29 is 0 Å². The maximum atomic E-state index is 4.06. The van der Waals surface area contributed by atoms with E-state index in [1.165, 1.54) is 0 Å². The van der Waals surface area contributed by atoms with Gasteiger partial charge in [0.2, 0.25) is 0 Å². The standard InChI is InChI=1S/C8H10N2.CH4/c1-2-6-9-8-5-3-4-7-10-8;/h2-5,7H,1,6H2,(H,9,10);1H4. The normalized spacial score (nSPS) is 8.00. The van der Waals surface area contributed by atoms with Gasteiger partial charge in [0.1, 0.15) is 5.82 Å². The zero-order valence-corrected chi connectivity index (χ0v) is 5.75. The summed E-state index contributed by atoms with van der Waals surface area (Å²) in [6, 6.07) is 5.75. The Balaban J connectivity index is 0.000001000. The summed E-state index contributed by atoms with van der Waals surface area (Å²) in [5.74, 6) is 0.891. The summed E-state index contributed by atoms with van der Waals surface area (Å²) in [5, 5.41) is 3.07. The summed E-state index contributed by atoms with van der Waals surface area (Å²) in [7, 11) is 0. The van der Waals surface area contributed by atoms with Gasteiger partial charge in [-0.05, 0) is 12.1 Å². The molecule has 0 aromatic carbocycles. The van der Waals surface area contributed by atoms with Crippen molar-refractivity contribution in [3.8, 4) is 0 Å². The fourth-order valence-corrected chi connectivity index (χ4v) is 0.644. The Kier molecular flexibility index (Phi) is 4.82. The second kappa shape index (κ2) is 5.47. The molecule has 0 aliphatic heterocycles. The highest BCUT2D eigenvalue weighted by Crippen LogP contribution is 1.97. The number of nitrogens with one attached hydrogen (secondary N) is 1. The summed E-state index contributed by atoms with van der Waals surface area (Å²) in [6.45, 7) is 4.35. The molecule has 11 heavy (non-hydrogen) atoms. The third-order valence-electron chi connectivity index (χ3n) is 1.09. The quantitative estimate of drug-likeness (QED) is 0.669. The minimum Gasteiger partial charge on any atom is -0.367 e. The second-order valence-corrected chi connectivity index (χ2v) is 1.88. The number of rotatable bonds is 3. The first kappa shape index (κ1) is 9.69. The molecular formula is C9H14N2. The summed E-state index contributed by atoms with van der Waals surface area (Å²) in [6.07, 6.45) is 3.56. The van der Waals surface area contributed by atoms with Crippen LogP contribution in [0.4, 0.5) is 5.82 Å². The van der Waals surface area contributed by atoms with Crippen LogP contribution in [0, 0.1) is 0 Å². The van der Waals surface area contributed by atoms with E-state index < -0.39 is 0 Å². The molecule has 0 aliphatic rings. The van der Waals surface area contributed by atoms with E-state index in [-0.39, 0.29) is 7.43 Å². The number of hydrogen-bond donors (Lipinski definition) is 1. The number of hydrogen-bond acceptors (Lipinski definition) is 2. The van der Waals surface area contributed by atoms with E-state index in [9.17, 15) is 0 Å². The molecule has 0 unspecified atom stereocenters. The summed E-state index contributed by atoms with van der Waals surface area (Å²) in [4.78, 5) is 4.06. The van der Waals surface area contributed by atoms with Crippen molar-refractivity contribution in [2.45, 2.75) is 7.43 Å². The fourth-order valence-electron chi connectivity index (χ4n) is 0.644. The van der Waals surface area contributed by atoms with Gasteiger partial charge in [-0.2, -0.15) is 0 Å². The van der Waals surface area contributed by atoms with Crippen molar-refractivity contribution >= 4 is 5.82 Å². The first-order valence-corrected chi connectivity index (χ1v) is 3.19. The second-order valence-electron chi connectivity index (χ2n) is 1.88. The van der Waals surface area contributed by atoms with Crippen LogP contribution in [0.15, 0.2) is 37.1 Å². The molecule has 0 spiro atoms. The Bertz CT molecular complexity index is 194. The minimum absolute atomic E-state index is 0. The lowest BCUT2D eigenvalue weighted by molar-refractivity contribution is 1.23. The van der Waals surface area contributed by atoms with Gasteiger partial charge < -0.3 is 5.32 Å². The van der Waals surface area contributed by atoms with Gasteiger partial charge in [0.15, 0.2) is 0 Å². The molecule has 2 nitrogen and oxygen atoms in total. The molecule has 2 heteroatoms. The van der Waals surface area contributed by atoms with Crippen LogP contribution in [0.25, 0.3) is 0 Å². The average Bonchev–Trinajstić information content (AvgIpc) is 2.03. The van der Waals surface area contributed by atoms with Gasteiger partial charge in [-0.1, -0.05) is 19.6 Å². The largest absolute Gasteiger partial charge is 0.367 e. The van der Waals surface area contributed by atoms with E-state index in [0.29, 0.717) is 0 Å². The van der Waals surface area contributed by atoms with Gasteiger partial charge in [0.25, 0.3) is 0 Å². The van der Waals surface area contributed by atoms with Gasteiger partial charge >= 0.3 is 0 Å². The lowest BCUT2D eigenvalue weighted by Crippen LogP contribution is -1.98. The molecule has 0 bridgehead atoms. The molecule has 1 N–H and O–H groups in total. The van der Waals surface area contributed by atoms with Gasteiger partial charge in [0, 0.05) is 12.7 Å². The first-order chi connectivity index (χ1) is 4.93. The van der Waals surface area contributed by atoms with Crippen LogP contribution in [0.3, 0.4) is 0 Å². The van der Waals surface area contributed by atoms with Gasteiger partial charge in [-0.15, -0.1) is 6.58 Å². The molecule has 0 atom stereocenters. The Morgan fingerprint density at radius 1 is 1.55 bits per heavy atom. The molecule has 0 fully saturated rings. The third-order valence-corrected chi connectivity index (χ3v) is 1.09. The van der Waals surface area contributed by atoms with E-state index in [0.717, 1.165) is 12.4 Å². The number of pyridine rings is 1. The fraction of sp³-hybridized carbons (Fsp3) is 0.222. The van der Waals surface area contributed by atoms with Crippen molar-refractivity contribution in [2.75, 3.05) is 11.9 Å².